The number of guanidine groups is 1. The van der Waals surface area contributed by atoms with Gasteiger partial charge in [0.2, 0.25) is 5.96 Å². The number of halogens is 1. The van der Waals surface area contributed by atoms with Crippen molar-refractivity contribution in [2.45, 2.75) is 43.9 Å². The second-order valence-electron chi connectivity index (χ2n) is 6.79. The highest BCUT2D eigenvalue weighted by Crippen LogP contribution is 2.38. The number of hydrogen-bond donors (Lipinski definition) is 2. The van der Waals surface area contributed by atoms with Crippen LogP contribution < -0.4 is 5.32 Å². The molecule has 142 valence electrons. The lowest BCUT2D eigenvalue weighted by Crippen LogP contribution is -2.41. The van der Waals surface area contributed by atoms with Gasteiger partial charge in [-0.05, 0) is 31.9 Å². The Kier molecular flexibility index (Phi) is 5.43. The van der Waals surface area contributed by atoms with Gasteiger partial charge in [0.15, 0.2) is 0 Å². The van der Waals surface area contributed by atoms with Crippen molar-refractivity contribution in [3.05, 3.63) is 23.2 Å². The van der Waals surface area contributed by atoms with Gasteiger partial charge in [0.05, 0.1) is 11.4 Å². The number of sulfonamides is 1. The fourth-order valence-electron chi connectivity index (χ4n) is 3.44. The molecular weight excluding hydrogens is 376 g/mol. The molecule has 7 nitrogen and oxygen atoms in total. The number of nitrogens with one attached hydrogen (secondary N) is 1. The molecule has 0 radical (unpaired) electrons. The molecule has 3 rings (SSSR count). The van der Waals surface area contributed by atoms with Gasteiger partial charge >= 0.3 is 0 Å². The smallest absolute Gasteiger partial charge is 0.285 e. The molecular formula is C17H23ClN4O3S. The van der Waals surface area contributed by atoms with Crippen molar-refractivity contribution >= 4 is 33.8 Å². The minimum atomic E-state index is -4.04. The summed E-state index contributed by atoms with van der Waals surface area (Å²) in [5, 5.41) is 18.8. The predicted octanol–water partition coefficient (Wildman–Crippen LogP) is 2.95. The minimum Gasteiger partial charge on any atom is -0.508 e. The zero-order valence-corrected chi connectivity index (χ0v) is 16.2. The Labute approximate surface area is 158 Å². The summed E-state index contributed by atoms with van der Waals surface area (Å²) in [6.07, 6.45) is 7.61. The fraction of sp³-hybridized carbons (Fsp3) is 0.529. The first-order chi connectivity index (χ1) is 12.3. The van der Waals surface area contributed by atoms with Gasteiger partial charge in [-0.2, -0.15) is 13.5 Å². The summed E-state index contributed by atoms with van der Waals surface area (Å²) in [5.74, 6) is -0.0395. The second-order valence-corrected chi connectivity index (χ2v) is 8.83. The molecule has 0 aromatic heterocycles. The maximum Gasteiger partial charge on any atom is 0.285 e. The standard InChI is InChI=1S/C17H23ClN4O3S/c1-2-19-16(22-12-17(11-20-22)6-4-3-5-7-17)21-26(24,25)15-9-13(18)8-14(23)10-15/h8-11,23H,2-7,12H2,1H3,(H,19,21). The van der Waals surface area contributed by atoms with E-state index in [2.05, 4.69) is 14.8 Å². The first-order valence-corrected chi connectivity index (χ1v) is 10.6. The Balaban J connectivity index is 1.88. The van der Waals surface area contributed by atoms with Crippen LogP contribution in [0.5, 0.6) is 5.75 Å². The van der Waals surface area contributed by atoms with Gasteiger partial charge in [0.25, 0.3) is 10.0 Å². The lowest BCUT2D eigenvalue weighted by Gasteiger charge is -2.31. The molecule has 1 aliphatic carbocycles. The maximum absolute atomic E-state index is 12.7. The number of phenolic OH excluding ortho intramolecular Hbond substituents is 1. The van der Waals surface area contributed by atoms with Gasteiger partial charge in [0, 0.05) is 29.3 Å². The van der Waals surface area contributed by atoms with E-state index in [1.165, 1.54) is 18.6 Å². The Hall–Kier alpha value is -1.80. The summed E-state index contributed by atoms with van der Waals surface area (Å²) in [4.78, 5) is -0.159. The topological polar surface area (TPSA) is 94.4 Å². The van der Waals surface area contributed by atoms with Crippen molar-refractivity contribution in [1.82, 2.24) is 10.3 Å². The van der Waals surface area contributed by atoms with Gasteiger partial charge in [0.1, 0.15) is 5.75 Å². The van der Waals surface area contributed by atoms with E-state index in [1.807, 2.05) is 13.1 Å². The minimum absolute atomic E-state index is 0.00647. The average molecular weight is 399 g/mol. The van der Waals surface area contributed by atoms with E-state index in [9.17, 15) is 13.5 Å². The highest BCUT2D eigenvalue weighted by Gasteiger charge is 2.38. The van der Waals surface area contributed by atoms with Crippen LogP contribution in [0.1, 0.15) is 39.0 Å². The number of hydrazone groups is 1. The highest BCUT2D eigenvalue weighted by atomic mass is 35.5. The third-order valence-electron chi connectivity index (χ3n) is 4.72. The van der Waals surface area contributed by atoms with Crippen molar-refractivity contribution in [3.8, 4) is 5.75 Å². The van der Waals surface area contributed by atoms with E-state index in [1.54, 1.807) is 5.01 Å². The van der Waals surface area contributed by atoms with Gasteiger partial charge in [-0.3, -0.25) is 0 Å². The average Bonchev–Trinajstić information content (AvgIpc) is 2.97. The zero-order chi connectivity index (χ0) is 18.8. The molecule has 26 heavy (non-hydrogen) atoms. The quantitative estimate of drug-likeness (QED) is 0.603. The molecule has 1 aromatic rings. The van der Waals surface area contributed by atoms with Crippen LogP contribution in [0.2, 0.25) is 5.02 Å². The molecule has 9 heteroatoms. The van der Waals surface area contributed by atoms with Gasteiger partial charge in [-0.15, -0.1) is 4.40 Å². The van der Waals surface area contributed by atoms with Crippen molar-refractivity contribution in [3.63, 3.8) is 0 Å². The van der Waals surface area contributed by atoms with E-state index in [4.69, 9.17) is 11.6 Å². The largest absolute Gasteiger partial charge is 0.508 e. The molecule has 0 saturated heterocycles. The summed E-state index contributed by atoms with van der Waals surface area (Å²) < 4.78 is 29.3. The third kappa shape index (κ3) is 4.12. The molecule has 2 N–H and O–H groups in total. The molecule has 0 bridgehead atoms. The molecule has 2 aliphatic rings. The summed E-state index contributed by atoms with van der Waals surface area (Å²) in [6, 6.07) is 3.66. The van der Waals surface area contributed by atoms with Crippen LogP contribution in [0.25, 0.3) is 0 Å². The molecule has 1 aromatic carbocycles. The first-order valence-electron chi connectivity index (χ1n) is 8.75. The lowest BCUT2D eigenvalue weighted by atomic mass is 9.75. The molecule has 0 unspecified atom stereocenters. The van der Waals surface area contributed by atoms with E-state index in [0.717, 1.165) is 31.7 Å². The van der Waals surface area contributed by atoms with Crippen LogP contribution >= 0.6 is 11.6 Å². The van der Waals surface area contributed by atoms with Crippen LogP contribution in [0.4, 0.5) is 0 Å². The van der Waals surface area contributed by atoms with E-state index < -0.39 is 10.0 Å². The van der Waals surface area contributed by atoms with Crippen molar-refractivity contribution in [1.29, 1.82) is 0 Å². The normalized spacial score (nSPS) is 19.9. The highest BCUT2D eigenvalue weighted by molar-refractivity contribution is 7.90. The molecule has 1 heterocycles. The number of nitrogens with zero attached hydrogens (tertiary/aromatic N) is 3. The lowest BCUT2D eigenvalue weighted by molar-refractivity contribution is 0.253. The molecule has 1 saturated carbocycles. The second kappa shape index (κ2) is 7.44. The summed E-state index contributed by atoms with van der Waals surface area (Å²) in [6.45, 7) is 2.99. The monoisotopic (exact) mass is 398 g/mol. The Morgan fingerprint density at radius 2 is 2.08 bits per heavy atom. The number of phenols is 1. The van der Waals surface area contributed by atoms with Crippen LogP contribution in [0.3, 0.4) is 0 Å². The van der Waals surface area contributed by atoms with Crippen molar-refractivity contribution in [2.75, 3.05) is 13.1 Å². The number of aromatic hydroxyl groups is 1. The number of benzene rings is 1. The molecule has 0 amide bonds. The SMILES string of the molecule is CCN/C(=N\S(=O)(=O)c1cc(O)cc(Cl)c1)N1CC2(C=N1)CCCCC2. The van der Waals surface area contributed by atoms with Crippen LogP contribution in [0, 0.1) is 5.41 Å². The van der Waals surface area contributed by atoms with Crippen molar-refractivity contribution in [2.24, 2.45) is 14.9 Å². The molecule has 1 fully saturated rings. The summed E-state index contributed by atoms with van der Waals surface area (Å²) in [7, 11) is -4.04. The molecule has 1 aliphatic heterocycles. The van der Waals surface area contributed by atoms with E-state index >= 15 is 0 Å². The van der Waals surface area contributed by atoms with Gasteiger partial charge < -0.3 is 10.4 Å². The van der Waals surface area contributed by atoms with Crippen LogP contribution in [-0.4, -0.2) is 43.8 Å². The maximum atomic E-state index is 12.7. The molecule has 0 atom stereocenters. The van der Waals surface area contributed by atoms with Gasteiger partial charge in [-0.1, -0.05) is 30.9 Å². The predicted molar refractivity (Wildman–Crippen MR) is 102 cm³/mol. The Morgan fingerprint density at radius 3 is 2.73 bits per heavy atom. The van der Waals surface area contributed by atoms with Crippen LogP contribution in [-0.2, 0) is 10.0 Å². The van der Waals surface area contributed by atoms with E-state index in [0.29, 0.717) is 13.1 Å². The Morgan fingerprint density at radius 1 is 1.35 bits per heavy atom. The molecule has 1 spiro atoms. The van der Waals surface area contributed by atoms with E-state index in [-0.39, 0.29) is 27.0 Å². The van der Waals surface area contributed by atoms with Gasteiger partial charge in [-0.25, -0.2) is 5.01 Å². The third-order valence-corrected chi connectivity index (χ3v) is 6.19. The fourth-order valence-corrected chi connectivity index (χ4v) is 4.77. The summed E-state index contributed by atoms with van der Waals surface area (Å²) >= 11 is 5.86. The number of hydrogen-bond acceptors (Lipinski definition) is 4. The van der Waals surface area contributed by atoms with Crippen LogP contribution in [0.15, 0.2) is 32.6 Å². The summed E-state index contributed by atoms with van der Waals surface area (Å²) in [5.41, 5.74) is 0.00647. The first kappa shape index (κ1) is 19.0. The number of rotatable bonds is 3. The zero-order valence-electron chi connectivity index (χ0n) is 14.7. The Bertz CT molecular complexity index is 812. The van der Waals surface area contributed by atoms with Crippen molar-refractivity contribution < 1.29 is 13.5 Å².